The lowest BCUT2D eigenvalue weighted by molar-refractivity contribution is 0.102. The van der Waals surface area contributed by atoms with Crippen LogP contribution in [-0.4, -0.2) is 28.2 Å². The van der Waals surface area contributed by atoms with Crippen molar-refractivity contribution in [2.75, 3.05) is 12.9 Å². The first-order valence-corrected chi connectivity index (χ1v) is 14.1. The Morgan fingerprint density at radius 3 is 2.51 bits per heavy atom. The molecule has 1 atom stereocenters. The lowest BCUT2D eigenvalue weighted by Gasteiger charge is -2.33. The summed E-state index contributed by atoms with van der Waals surface area (Å²) in [5.41, 5.74) is 2.30. The molecule has 0 saturated heterocycles. The zero-order valence-corrected chi connectivity index (χ0v) is 23.0. The summed E-state index contributed by atoms with van der Waals surface area (Å²) in [6, 6.07) is 12.8. The molecule has 2 heterocycles. The number of Topliss-reactive ketones (excluding diaryl/α,β-unsaturated/α-hetero) is 1. The van der Waals surface area contributed by atoms with Crippen molar-refractivity contribution in [3.8, 4) is 11.4 Å². The average molecular weight is 537 g/mol. The molecule has 1 aliphatic carbocycles. The normalized spacial score (nSPS) is 15.5. The Morgan fingerprint density at radius 2 is 1.86 bits per heavy atom. The van der Waals surface area contributed by atoms with E-state index in [0.29, 0.717) is 33.5 Å². The number of rotatable bonds is 6. The molecule has 0 spiro atoms. The van der Waals surface area contributed by atoms with Gasteiger partial charge in [-0.3, -0.25) is 14.2 Å². The van der Waals surface area contributed by atoms with Gasteiger partial charge in [-0.25, -0.2) is 9.37 Å². The van der Waals surface area contributed by atoms with Gasteiger partial charge in [0.05, 0.1) is 23.9 Å². The summed E-state index contributed by atoms with van der Waals surface area (Å²) >= 11 is 2.83. The van der Waals surface area contributed by atoms with Gasteiger partial charge in [-0.15, -0.1) is 11.3 Å². The first-order chi connectivity index (χ1) is 17.7. The second-order valence-corrected chi connectivity index (χ2v) is 12.5. The van der Waals surface area contributed by atoms with Crippen LogP contribution in [0.15, 0.2) is 58.5 Å². The van der Waals surface area contributed by atoms with Crippen molar-refractivity contribution < 1.29 is 13.9 Å². The molecular formula is C29H29FN2O3S2. The molecule has 0 aliphatic heterocycles. The first-order valence-electron chi connectivity index (χ1n) is 12.3. The number of carbonyl (C=O) groups is 1. The molecule has 0 bridgehead atoms. The number of ketones is 1. The molecule has 37 heavy (non-hydrogen) atoms. The Balaban J connectivity index is 1.58. The van der Waals surface area contributed by atoms with Gasteiger partial charge in [-0.1, -0.05) is 32.5 Å². The molecule has 5 nitrogen and oxygen atoms in total. The van der Waals surface area contributed by atoms with Crippen LogP contribution >= 0.6 is 23.1 Å². The van der Waals surface area contributed by atoms with Crippen LogP contribution in [0, 0.1) is 17.2 Å². The topological polar surface area (TPSA) is 61.2 Å². The number of benzene rings is 2. The summed E-state index contributed by atoms with van der Waals surface area (Å²) in [5, 5.41) is 1.15. The molecule has 2 aromatic heterocycles. The number of thiophene rings is 1. The van der Waals surface area contributed by atoms with Crippen LogP contribution in [0.5, 0.6) is 5.75 Å². The first kappa shape index (κ1) is 25.7. The van der Waals surface area contributed by atoms with Gasteiger partial charge in [0, 0.05) is 10.4 Å². The van der Waals surface area contributed by atoms with Crippen molar-refractivity contribution in [2.45, 2.75) is 45.2 Å². The van der Waals surface area contributed by atoms with Gasteiger partial charge in [0.25, 0.3) is 5.56 Å². The number of halogens is 1. The third kappa shape index (κ3) is 5.09. The number of hydrogen-bond donors (Lipinski definition) is 0. The summed E-state index contributed by atoms with van der Waals surface area (Å²) in [4.78, 5) is 33.8. The van der Waals surface area contributed by atoms with Crippen LogP contribution in [0.3, 0.4) is 0 Å². The van der Waals surface area contributed by atoms with Crippen LogP contribution in [0.2, 0.25) is 0 Å². The van der Waals surface area contributed by atoms with Gasteiger partial charge >= 0.3 is 0 Å². The lowest BCUT2D eigenvalue weighted by atomic mass is 9.72. The fourth-order valence-electron chi connectivity index (χ4n) is 4.85. The minimum Gasteiger partial charge on any atom is -0.497 e. The largest absolute Gasteiger partial charge is 0.497 e. The number of hydrogen-bond acceptors (Lipinski definition) is 6. The number of fused-ring (bicyclic) bond motifs is 3. The van der Waals surface area contributed by atoms with E-state index in [2.05, 4.69) is 20.8 Å². The molecule has 0 N–H and O–H groups in total. The van der Waals surface area contributed by atoms with Crippen LogP contribution in [0.4, 0.5) is 4.39 Å². The standard InChI is InChI=1S/C29H29FN2O3S2/c1-29(2,3)18-7-14-22-24(15-18)37-26-25(22)27(34)32(20-10-12-21(35-4)13-11-20)28(31-26)36-16-23(33)17-5-8-19(30)9-6-17/h5-6,8-13,18H,7,14-16H2,1-4H3. The van der Waals surface area contributed by atoms with E-state index in [0.717, 1.165) is 29.7 Å². The minimum absolute atomic E-state index is 0.0803. The van der Waals surface area contributed by atoms with Gasteiger partial charge in [-0.2, -0.15) is 0 Å². The highest BCUT2D eigenvalue weighted by Crippen LogP contribution is 2.42. The number of aryl methyl sites for hydroxylation is 1. The third-order valence-corrected chi connectivity index (χ3v) is 9.19. The van der Waals surface area contributed by atoms with Crippen molar-refractivity contribution in [3.63, 3.8) is 0 Å². The zero-order chi connectivity index (χ0) is 26.3. The Labute approximate surface area is 223 Å². The quantitative estimate of drug-likeness (QED) is 0.156. The fraction of sp³-hybridized carbons (Fsp3) is 0.345. The van der Waals surface area contributed by atoms with Gasteiger partial charge in [0.1, 0.15) is 16.4 Å². The average Bonchev–Trinajstić information content (AvgIpc) is 3.25. The van der Waals surface area contributed by atoms with Gasteiger partial charge in [-0.05, 0) is 84.7 Å². The van der Waals surface area contributed by atoms with E-state index in [1.54, 1.807) is 35.1 Å². The maximum Gasteiger partial charge on any atom is 0.267 e. The Morgan fingerprint density at radius 1 is 1.16 bits per heavy atom. The molecular weight excluding hydrogens is 507 g/mol. The second-order valence-electron chi connectivity index (χ2n) is 10.4. The summed E-state index contributed by atoms with van der Waals surface area (Å²) in [6.45, 7) is 6.83. The number of methoxy groups -OCH3 is 1. The van der Waals surface area contributed by atoms with Crippen molar-refractivity contribution in [2.24, 2.45) is 11.3 Å². The smallest absolute Gasteiger partial charge is 0.267 e. The van der Waals surface area contributed by atoms with Crippen molar-refractivity contribution in [1.82, 2.24) is 9.55 Å². The number of carbonyl (C=O) groups excluding carboxylic acids is 1. The number of aromatic nitrogens is 2. The molecule has 192 valence electrons. The number of nitrogens with zero attached hydrogens (tertiary/aromatic N) is 2. The monoisotopic (exact) mass is 536 g/mol. The molecule has 0 saturated carbocycles. The fourth-order valence-corrected chi connectivity index (χ4v) is 7.10. The molecule has 5 rings (SSSR count). The van der Waals surface area contributed by atoms with E-state index in [-0.39, 0.29) is 28.3 Å². The molecule has 4 aromatic rings. The van der Waals surface area contributed by atoms with E-state index < -0.39 is 0 Å². The highest BCUT2D eigenvalue weighted by molar-refractivity contribution is 7.99. The molecule has 2 aromatic carbocycles. The van der Waals surface area contributed by atoms with Crippen LogP contribution < -0.4 is 10.3 Å². The van der Waals surface area contributed by atoms with E-state index >= 15 is 0 Å². The highest BCUT2D eigenvalue weighted by atomic mass is 32.2. The van der Waals surface area contributed by atoms with Crippen molar-refractivity contribution in [3.05, 3.63) is 80.7 Å². The van der Waals surface area contributed by atoms with Crippen molar-refractivity contribution in [1.29, 1.82) is 0 Å². The predicted octanol–water partition coefficient (Wildman–Crippen LogP) is 6.72. The maximum absolute atomic E-state index is 14.0. The predicted molar refractivity (Wildman–Crippen MR) is 148 cm³/mol. The third-order valence-electron chi connectivity index (χ3n) is 7.11. The number of ether oxygens (including phenoxy) is 1. The SMILES string of the molecule is COc1ccc(-n2c(SCC(=O)c3ccc(F)cc3)nc3sc4c(c3c2=O)CCC(C(C)(C)C)C4)cc1. The zero-order valence-electron chi connectivity index (χ0n) is 21.3. The minimum atomic E-state index is -0.389. The van der Waals surface area contributed by atoms with E-state index in [1.807, 2.05) is 12.1 Å². The number of thioether (sulfide) groups is 1. The Kier molecular flexibility index (Phi) is 6.98. The molecule has 8 heteroatoms. The highest BCUT2D eigenvalue weighted by Gasteiger charge is 2.32. The lowest BCUT2D eigenvalue weighted by Crippen LogP contribution is -2.27. The van der Waals surface area contributed by atoms with Gasteiger partial charge in [0.2, 0.25) is 0 Å². The van der Waals surface area contributed by atoms with Gasteiger partial charge < -0.3 is 4.74 Å². The Hall–Kier alpha value is -2.97. The second kappa shape index (κ2) is 10.1. The van der Waals surface area contributed by atoms with E-state index in [9.17, 15) is 14.0 Å². The molecule has 1 aliphatic rings. The summed E-state index contributed by atoms with van der Waals surface area (Å²) in [7, 11) is 1.60. The summed E-state index contributed by atoms with van der Waals surface area (Å²) in [6.07, 6.45) is 2.87. The van der Waals surface area contributed by atoms with E-state index in [1.165, 1.54) is 40.9 Å². The van der Waals surface area contributed by atoms with Gasteiger partial charge in [0.15, 0.2) is 10.9 Å². The Bertz CT molecular complexity index is 1520. The summed E-state index contributed by atoms with van der Waals surface area (Å²) in [5.74, 6) is 0.780. The van der Waals surface area contributed by atoms with Crippen molar-refractivity contribution >= 4 is 39.1 Å². The molecule has 0 radical (unpaired) electrons. The van der Waals surface area contributed by atoms with Crippen LogP contribution in [0.25, 0.3) is 15.9 Å². The molecule has 1 unspecified atom stereocenters. The van der Waals surface area contributed by atoms with Crippen LogP contribution in [0.1, 0.15) is 48.0 Å². The van der Waals surface area contributed by atoms with Crippen LogP contribution in [-0.2, 0) is 12.8 Å². The maximum atomic E-state index is 14.0. The molecule has 0 fully saturated rings. The summed E-state index contributed by atoms with van der Waals surface area (Å²) < 4.78 is 20.2. The molecule has 0 amide bonds. The van der Waals surface area contributed by atoms with E-state index in [4.69, 9.17) is 9.72 Å².